The number of nitrogens with zero attached hydrogens (tertiary/aromatic N) is 2. The van der Waals surface area contributed by atoms with Crippen molar-refractivity contribution in [3.63, 3.8) is 0 Å². The molecular weight excluding hydrogens is 388 g/mol. The van der Waals surface area contributed by atoms with Gasteiger partial charge in [-0.1, -0.05) is 24.9 Å². The highest BCUT2D eigenvalue weighted by Gasteiger charge is 2.30. The van der Waals surface area contributed by atoms with Crippen LogP contribution < -0.4 is 4.74 Å². The Morgan fingerprint density at radius 1 is 1.25 bits per heavy atom. The smallest absolute Gasteiger partial charge is 0.272 e. The maximum absolute atomic E-state index is 14.2. The van der Waals surface area contributed by atoms with Gasteiger partial charge in [0.1, 0.15) is 12.4 Å². The summed E-state index contributed by atoms with van der Waals surface area (Å²) in [7, 11) is 3.56. The number of benzene rings is 1. The predicted molar refractivity (Wildman–Crippen MR) is 107 cm³/mol. The summed E-state index contributed by atoms with van der Waals surface area (Å²) in [5.41, 5.74) is 1.71. The van der Waals surface area contributed by atoms with Crippen LogP contribution in [0.4, 0.5) is 8.78 Å². The van der Waals surface area contributed by atoms with Crippen LogP contribution in [0.15, 0.2) is 18.3 Å². The van der Waals surface area contributed by atoms with Gasteiger partial charge in [0.25, 0.3) is 5.92 Å². The molecule has 1 heterocycles. The van der Waals surface area contributed by atoms with Gasteiger partial charge >= 0.3 is 0 Å². The fraction of sp³-hybridized carbons (Fsp3) is 0.550. The number of aromatic amines is 1. The van der Waals surface area contributed by atoms with E-state index in [1.54, 1.807) is 19.4 Å². The van der Waals surface area contributed by atoms with Crippen molar-refractivity contribution < 1.29 is 18.3 Å². The summed E-state index contributed by atoms with van der Waals surface area (Å²) >= 11 is 6.39. The SMILES string of the molecule is CCCCN(C)Cc1[nH]ncc1-c1cc(OCCOC)cc(C(C)(F)F)c1Cl. The summed E-state index contributed by atoms with van der Waals surface area (Å²) in [6.07, 6.45) is 3.79. The second-order valence-corrected chi connectivity index (χ2v) is 7.29. The number of nitrogens with one attached hydrogen (secondary N) is 1. The number of unbranched alkanes of at least 4 members (excludes halogenated alkanes) is 1. The standard InChI is InChI=1S/C20H28ClF2N3O2/c1-5-6-7-26(3)13-18-16(12-24-25-18)15-10-14(28-9-8-27-4)11-17(19(15)21)20(2,22)23/h10-12H,5-9,13H2,1-4H3,(H,24,25). The summed E-state index contributed by atoms with van der Waals surface area (Å²) < 4.78 is 38.9. The third-order valence-electron chi connectivity index (χ3n) is 4.41. The molecule has 0 bridgehead atoms. The van der Waals surface area contributed by atoms with Crippen LogP contribution in [0.25, 0.3) is 11.1 Å². The maximum atomic E-state index is 14.2. The lowest BCUT2D eigenvalue weighted by Gasteiger charge is -2.19. The zero-order chi connectivity index (χ0) is 20.7. The summed E-state index contributed by atoms with van der Waals surface area (Å²) in [5, 5.41) is 7.09. The van der Waals surface area contributed by atoms with Crippen LogP contribution in [0.5, 0.6) is 5.75 Å². The first kappa shape index (κ1) is 22.6. The Hall–Kier alpha value is -1.70. The molecule has 0 aliphatic carbocycles. The van der Waals surface area contributed by atoms with Crippen LogP contribution in [0.1, 0.15) is 37.9 Å². The molecule has 2 rings (SSSR count). The highest BCUT2D eigenvalue weighted by Crippen LogP contribution is 2.42. The lowest BCUT2D eigenvalue weighted by atomic mass is 9.99. The Labute approximate surface area is 170 Å². The average molecular weight is 416 g/mol. The predicted octanol–water partition coefficient (Wildman–Crippen LogP) is 5.10. The van der Waals surface area contributed by atoms with Gasteiger partial charge in [-0.05, 0) is 32.1 Å². The van der Waals surface area contributed by atoms with E-state index in [1.807, 2.05) is 7.05 Å². The third-order valence-corrected chi connectivity index (χ3v) is 4.81. The monoisotopic (exact) mass is 415 g/mol. The van der Waals surface area contributed by atoms with Crippen molar-refractivity contribution in [2.45, 2.75) is 39.2 Å². The largest absolute Gasteiger partial charge is 0.491 e. The van der Waals surface area contributed by atoms with Gasteiger partial charge in [0.2, 0.25) is 0 Å². The van der Waals surface area contributed by atoms with Crippen LogP contribution in [0.3, 0.4) is 0 Å². The molecular formula is C20H28ClF2N3O2. The zero-order valence-electron chi connectivity index (χ0n) is 16.8. The van der Waals surface area contributed by atoms with Gasteiger partial charge < -0.3 is 14.4 Å². The average Bonchev–Trinajstić information content (AvgIpc) is 3.08. The van der Waals surface area contributed by atoms with Crippen molar-refractivity contribution in [1.29, 1.82) is 0 Å². The van der Waals surface area contributed by atoms with Gasteiger partial charge in [0.05, 0.1) is 23.5 Å². The van der Waals surface area contributed by atoms with E-state index in [-0.39, 0.29) is 17.2 Å². The van der Waals surface area contributed by atoms with Crippen molar-refractivity contribution in [1.82, 2.24) is 15.1 Å². The molecule has 0 amide bonds. The number of ether oxygens (including phenoxy) is 2. The minimum atomic E-state index is -3.10. The summed E-state index contributed by atoms with van der Waals surface area (Å²) in [6.45, 7) is 5.11. The number of methoxy groups -OCH3 is 1. The molecule has 0 spiro atoms. The number of halogens is 3. The number of alkyl halides is 2. The van der Waals surface area contributed by atoms with Crippen LogP contribution in [0.2, 0.25) is 5.02 Å². The normalized spacial score (nSPS) is 12.0. The fourth-order valence-corrected chi connectivity index (χ4v) is 3.26. The highest BCUT2D eigenvalue weighted by atomic mass is 35.5. The van der Waals surface area contributed by atoms with E-state index in [9.17, 15) is 8.78 Å². The Morgan fingerprint density at radius 3 is 2.64 bits per heavy atom. The summed E-state index contributed by atoms with van der Waals surface area (Å²) in [4.78, 5) is 2.16. The summed E-state index contributed by atoms with van der Waals surface area (Å²) in [6, 6.07) is 2.96. The number of hydrogen-bond donors (Lipinski definition) is 1. The molecule has 1 N–H and O–H groups in total. The third kappa shape index (κ3) is 5.90. The topological polar surface area (TPSA) is 50.4 Å². The van der Waals surface area contributed by atoms with E-state index in [2.05, 4.69) is 22.0 Å². The molecule has 0 fully saturated rings. The van der Waals surface area contributed by atoms with Crippen molar-refractivity contribution in [2.75, 3.05) is 33.9 Å². The molecule has 5 nitrogen and oxygen atoms in total. The van der Waals surface area contributed by atoms with Crippen molar-refractivity contribution in [3.8, 4) is 16.9 Å². The van der Waals surface area contributed by atoms with Crippen LogP contribution >= 0.6 is 11.6 Å². The number of H-pyrrole nitrogens is 1. The molecule has 2 aromatic rings. The van der Waals surface area contributed by atoms with Gasteiger partial charge in [-0.25, -0.2) is 8.78 Å². The van der Waals surface area contributed by atoms with Gasteiger partial charge in [0.15, 0.2) is 0 Å². The molecule has 0 atom stereocenters. The van der Waals surface area contributed by atoms with E-state index < -0.39 is 5.92 Å². The van der Waals surface area contributed by atoms with Crippen molar-refractivity contribution in [3.05, 3.63) is 34.6 Å². The lowest BCUT2D eigenvalue weighted by Crippen LogP contribution is -2.19. The number of rotatable bonds is 11. The first-order chi connectivity index (χ1) is 13.3. The Kier molecular flexibility index (Phi) is 8.22. The summed E-state index contributed by atoms with van der Waals surface area (Å²) in [5.74, 6) is -2.78. The second-order valence-electron chi connectivity index (χ2n) is 6.92. The van der Waals surface area contributed by atoms with Crippen LogP contribution in [-0.4, -0.2) is 49.0 Å². The zero-order valence-corrected chi connectivity index (χ0v) is 17.6. The van der Waals surface area contributed by atoms with Crippen LogP contribution in [-0.2, 0) is 17.2 Å². The van der Waals surface area contributed by atoms with Gasteiger partial charge in [-0.2, -0.15) is 5.10 Å². The molecule has 0 aliphatic rings. The van der Waals surface area contributed by atoms with Gasteiger partial charge in [-0.3, -0.25) is 5.10 Å². The first-order valence-corrected chi connectivity index (χ1v) is 9.70. The van der Waals surface area contributed by atoms with E-state index in [4.69, 9.17) is 21.1 Å². The van der Waals surface area contributed by atoms with Crippen molar-refractivity contribution in [2.24, 2.45) is 0 Å². The van der Waals surface area contributed by atoms with E-state index in [0.717, 1.165) is 32.0 Å². The Bertz CT molecular complexity index is 762. The fourth-order valence-electron chi connectivity index (χ4n) is 2.88. The lowest BCUT2D eigenvalue weighted by molar-refractivity contribution is 0.0173. The number of hydrogen-bond acceptors (Lipinski definition) is 4. The quantitative estimate of drug-likeness (QED) is 0.519. The molecule has 8 heteroatoms. The van der Waals surface area contributed by atoms with Gasteiger partial charge in [-0.15, -0.1) is 0 Å². The van der Waals surface area contributed by atoms with Crippen LogP contribution in [0, 0.1) is 0 Å². The minimum Gasteiger partial charge on any atom is -0.491 e. The van der Waals surface area contributed by atoms with E-state index in [1.165, 1.54) is 6.07 Å². The second kappa shape index (κ2) is 10.2. The first-order valence-electron chi connectivity index (χ1n) is 9.32. The maximum Gasteiger partial charge on any atom is 0.272 e. The molecule has 1 aromatic carbocycles. The molecule has 0 saturated carbocycles. The van der Waals surface area contributed by atoms with Gasteiger partial charge in [0, 0.05) is 37.3 Å². The van der Waals surface area contributed by atoms with E-state index in [0.29, 0.717) is 30.0 Å². The highest BCUT2D eigenvalue weighted by molar-refractivity contribution is 6.34. The molecule has 0 aliphatic heterocycles. The number of aromatic nitrogens is 2. The molecule has 156 valence electrons. The molecule has 28 heavy (non-hydrogen) atoms. The Balaban J connectivity index is 2.41. The molecule has 0 unspecified atom stereocenters. The van der Waals surface area contributed by atoms with Crippen molar-refractivity contribution >= 4 is 11.6 Å². The Morgan fingerprint density at radius 2 is 2.00 bits per heavy atom. The molecule has 1 aromatic heterocycles. The minimum absolute atomic E-state index is 0.00505. The molecule has 0 saturated heterocycles. The molecule has 0 radical (unpaired) electrons. The van der Waals surface area contributed by atoms with E-state index >= 15 is 0 Å².